The molecule has 0 nitrogen and oxygen atoms in total. The van der Waals surface area contributed by atoms with E-state index in [2.05, 4.69) is 22.0 Å². The van der Waals surface area contributed by atoms with Gasteiger partial charge in [-0.15, -0.1) is 0 Å². The van der Waals surface area contributed by atoms with Gasteiger partial charge in [0.05, 0.1) is 10.6 Å². The fraction of sp³-hybridized carbons (Fsp3) is 0. The molecule has 0 unspecified atom stereocenters. The van der Waals surface area contributed by atoms with E-state index in [1.165, 1.54) is 6.07 Å². The van der Waals surface area contributed by atoms with Crippen molar-refractivity contribution in [3.8, 4) is 11.1 Å². The molecule has 0 aliphatic rings. The van der Waals surface area contributed by atoms with Gasteiger partial charge in [0, 0.05) is 10.0 Å². The molecule has 2 rings (SSSR count). The monoisotopic (exact) mass is 319 g/mol. The smallest absolute Gasteiger partial charge is 0.135 e. The van der Waals surface area contributed by atoms with Crippen molar-refractivity contribution in [1.29, 1.82) is 0 Å². The van der Waals surface area contributed by atoms with Crippen molar-refractivity contribution in [2.75, 3.05) is 0 Å². The molecule has 0 fully saturated rings. The molecule has 0 spiro atoms. The largest absolute Gasteiger partial charge is 0.206 e. The summed E-state index contributed by atoms with van der Waals surface area (Å²) in [5.41, 5.74) is -0.780. The van der Waals surface area contributed by atoms with Crippen LogP contribution in [0, 0.1) is 23.5 Å². The molecular weight excluding hydrogens is 316 g/mol. The van der Waals surface area contributed by atoms with Crippen molar-refractivity contribution in [3.63, 3.8) is 0 Å². The predicted octanol–water partition coefficient (Wildman–Crippen LogP) is 4.99. The molecule has 5 heteroatoms. The maximum Gasteiger partial charge on any atom is 0.135 e. The lowest BCUT2D eigenvalue weighted by molar-refractivity contribution is 0.580. The van der Waals surface area contributed by atoms with Gasteiger partial charge < -0.3 is 0 Å². The second-order valence-electron chi connectivity index (χ2n) is 3.27. The molecule has 0 aliphatic heterocycles. The first-order valence-corrected chi connectivity index (χ1v) is 5.68. The summed E-state index contributed by atoms with van der Waals surface area (Å²) < 4.78 is 41.1. The number of rotatable bonds is 1. The summed E-state index contributed by atoms with van der Waals surface area (Å²) in [6.45, 7) is 0. The Morgan fingerprint density at radius 2 is 1.53 bits per heavy atom. The van der Waals surface area contributed by atoms with Gasteiger partial charge in [0.15, 0.2) is 0 Å². The lowest BCUT2D eigenvalue weighted by Crippen LogP contribution is -1.94. The molecule has 0 saturated heterocycles. The Bertz CT molecular complexity index is 541. The first kappa shape index (κ1) is 12.5. The van der Waals surface area contributed by atoms with E-state index in [1.807, 2.05) is 0 Å². The number of benzene rings is 2. The zero-order valence-electron chi connectivity index (χ0n) is 8.20. The standard InChI is InChI=1S/C12H4BrClF3/c13-6-4-9(16)12(10(17)5-6)11-7(14)2-1-3-8(11)15/h2-5H. The van der Waals surface area contributed by atoms with Crippen LogP contribution in [0.1, 0.15) is 0 Å². The van der Waals surface area contributed by atoms with E-state index < -0.39 is 23.0 Å². The van der Waals surface area contributed by atoms with Crippen molar-refractivity contribution in [2.45, 2.75) is 0 Å². The van der Waals surface area contributed by atoms with E-state index in [0.717, 1.165) is 18.2 Å². The Hall–Kier alpha value is -1.00. The quantitative estimate of drug-likeness (QED) is 0.694. The highest BCUT2D eigenvalue weighted by atomic mass is 79.9. The normalized spacial score (nSPS) is 10.6. The van der Waals surface area contributed by atoms with Gasteiger partial charge in [-0.05, 0) is 30.3 Å². The lowest BCUT2D eigenvalue weighted by Gasteiger charge is -2.08. The minimum atomic E-state index is -0.885. The van der Waals surface area contributed by atoms with Crippen LogP contribution in [0.5, 0.6) is 0 Å². The third-order valence-electron chi connectivity index (χ3n) is 2.15. The third-order valence-corrected chi connectivity index (χ3v) is 2.91. The van der Waals surface area contributed by atoms with Gasteiger partial charge in [-0.2, -0.15) is 0 Å². The molecule has 17 heavy (non-hydrogen) atoms. The topological polar surface area (TPSA) is 0 Å². The summed E-state index contributed by atoms with van der Waals surface area (Å²) in [6.07, 6.45) is 0. The van der Waals surface area contributed by atoms with Crippen molar-refractivity contribution in [3.05, 3.63) is 57.3 Å². The minimum Gasteiger partial charge on any atom is -0.206 e. The van der Waals surface area contributed by atoms with Gasteiger partial charge in [0.2, 0.25) is 0 Å². The molecule has 0 N–H and O–H groups in total. The van der Waals surface area contributed by atoms with Crippen molar-refractivity contribution in [2.24, 2.45) is 0 Å². The minimum absolute atomic E-state index is 0.0925. The first-order valence-electron chi connectivity index (χ1n) is 4.50. The highest BCUT2D eigenvalue weighted by molar-refractivity contribution is 9.10. The summed E-state index contributed by atoms with van der Waals surface area (Å²) >= 11 is 8.68. The molecule has 0 aromatic heterocycles. The van der Waals surface area contributed by atoms with Crippen molar-refractivity contribution in [1.82, 2.24) is 0 Å². The van der Waals surface area contributed by atoms with Gasteiger partial charge in [0.1, 0.15) is 17.5 Å². The third kappa shape index (κ3) is 2.33. The van der Waals surface area contributed by atoms with Crippen LogP contribution in [0.15, 0.2) is 28.7 Å². The second kappa shape index (κ2) is 4.70. The fourth-order valence-corrected chi connectivity index (χ4v) is 2.12. The average Bonchev–Trinajstić information content (AvgIpc) is 2.21. The SMILES string of the molecule is Fc1cc(Br)cc(F)c1-c1c(F)c[c]cc1Cl. The van der Waals surface area contributed by atoms with Crippen LogP contribution < -0.4 is 0 Å². The lowest BCUT2D eigenvalue weighted by atomic mass is 10.0. The van der Waals surface area contributed by atoms with Crippen molar-refractivity contribution < 1.29 is 13.2 Å². The fourth-order valence-electron chi connectivity index (χ4n) is 1.47. The maximum atomic E-state index is 13.7. The Morgan fingerprint density at radius 3 is 2.06 bits per heavy atom. The van der Waals surface area contributed by atoms with Gasteiger partial charge in [-0.25, -0.2) is 13.2 Å². The van der Waals surface area contributed by atoms with E-state index >= 15 is 0 Å². The van der Waals surface area contributed by atoms with Crippen LogP contribution in [0.2, 0.25) is 5.02 Å². The van der Waals surface area contributed by atoms with E-state index in [1.54, 1.807) is 0 Å². The van der Waals surface area contributed by atoms with E-state index in [-0.39, 0.29) is 15.1 Å². The predicted molar refractivity (Wildman–Crippen MR) is 63.3 cm³/mol. The van der Waals surface area contributed by atoms with E-state index in [0.29, 0.717) is 0 Å². The molecule has 87 valence electrons. The summed E-state index contributed by atoms with van der Waals surface area (Å²) in [6, 6.07) is 6.75. The molecule has 0 amide bonds. The van der Waals surface area contributed by atoms with Crippen LogP contribution in [-0.2, 0) is 0 Å². The highest BCUT2D eigenvalue weighted by Crippen LogP contribution is 2.35. The van der Waals surface area contributed by atoms with Crippen LogP contribution >= 0.6 is 27.5 Å². The molecule has 0 aliphatic carbocycles. The number of hydrogen-bond acceptors (Lipinski definition) is 0. The molecule has 0 saturated carbocycles. The number of halogens is 5. The Kier molecular flexibility index (Phi) is 3.45. The molecule has 1 radical (unpaired) electrons. The summed E-state index contributed by atoms with van der Waals surface area (Å²) in [7, 11) is 0. The molecule has 0 atom stereocenters. The second-order valence-corrected chi connectivity index (χ2v) is 4.59. The van der Waals surface area contributed by atoms with Crippen LogP contribution in [0.3, 0.4) is 0 Å². The molecule has 0 heterocycles. The van der Waals surface area contributed by atoms with Gasteiger partial charge >= 0.3 is 0 Å². The average molecular weight is 321 g/mol. The van der Waals surface area contributed by atoms with Crippen LogP contribution in [-0.4, -0.2) is 0 Å². The zero-order valence-corrected chi connectivity index (χ0v) is 10.5. The zero-order chi connectivity index (χ0) is 12.6. The van der Waals surface area contributed by atoms with E-state index in [9.17, 15) is 13.2 Å². The van der Waals surface area contributed by atoms with Gasteiger partial charge in [0.25, 0.3) is 0 Å². The Morgan fingerprint density at radius 1 is 0.941 bits per heavy atom. The maximum absolute atomic E-state index is 13.7. The van der Waals surface area contributed by atoms with Gasteiger partial charge in [-0.3, -0.25) is 0 Å². The molecule has 0 bridgehead atoms. The molecule has 2 aromatic rings. The van der Waals surface area contributed by atoms with Crippen LogP contribution in [0.25, 0.3) is 11.1 Å². The summed E-state index contributed by atoms with van der Waals surface area (Å²) in [5.74, 6) is -2.59. The first-order chi connectivity index (χ1) is 8.00. The van der Waals surface area contributed by atoms with Gasteiger partial charge in [-0.1, -0.05) is 27.5 Å². The molecular formula is C12H4BrClF3. The molecule has 2 aromatic carbocycles. The highest BCUT2D eigenvalue weighted by Gasteiger charge is 2.18. The Labute approximate surface area is 109 Å². The summed E-state index contributed by atoms with van der Waals surface area (Å²) in [5, 5.41) is -0.0925. The van der Waals surface area contributed by atoms with Crippen molar-refractivity contribution >= 4 is 27.5 Å². The number of hydrogen-bond donors (Lipinski definition) is 0. The van der Waals surface area contributed by atoms with Crippen LogP contribution in [0.4, 0.5) is 13.2 Å². The van der Waals surface area contributed by atoms with E-state index in [4.69, 9.17) is 11.6 Å². The Balaban J connectivity index is 2.77. The summed E-state index contributed by atoms with van der Waals surface area (Å²) in [4.78, 5) is 0.